The van der Waals surface area contributed by atoms with Crippen LogP contribution in [0.4, 0.5) is 4.39 Å². The molecule has 0 fully saturated rings. The molecule has 0 radical (unpaired) electrons. The highest BCUT2D eigenvalue weighted by Crippen LogP contribution is 2.36. The minimum Gasteiger partial charge on any atom is -0.504 e. The van der Waals surface area contributed by atoms with E-state index in [-0.39, 0.29) is 23.4 Å². The Hall–Kier alpha value is -2.07. The van der Waals surface area contributed by atoms with Crippen molar-refractivity contribution in [2.45, 2.75) is 12.5 Å². The average molecular weight is 259 g/mol. The van der Waals surface area contributed by atoms with Crippen LogP contribution in [-0.4, -0.2) is 16.8 Å². The summed E-state index contributed by atoms with van der Waals surface area (Å²) >= 11 is 0. The van der Waals surface area contributed by atoms with Gasteiger partial charge in [-0.1, -0.05) is 18.2 Å². The lowest BCUT2D eigenvalue weighted by molar-refractivity contribution is 0.400. The van der Waals surface area contributed by atoms with Gasteiger partial charge in [-0.05, 0) is 35.7 Å². The number of halogens is 1. The predicted octanol–water partition coefficient (Wildman–Crippen LogP) is 2.47. The van der Waals surface area contributed by atoms with Gasteiger partial charge in [0.25, 0.3) is 0 Å². The normalized spacial score (nSPS) is 18.1. The minimum atomic E-state index is -0.295. The lowest BCUT2D eigenvalue weighted by Gasteiger charge is -2.28. The van der Waals surface area contributed by atoms with Gasteiger partial charge in [0.15, 0.2) is 11.5 Å². The maximum atomic E-state index is 13.9. The average Bonchev–Trinajstić information content (AvgIpc) is 2.40. The van der Waals surface area contributed by atoms with Crippen LogP contribution in [0.25, 0.3) is 0 Å². The van der Waals surface area contributed by atoms with Crippen LogP contribution in [0.15, 0.2) is 36.4 Å². The summed E-state index contributed by atoms with van der Waals surface area (Å²) in [4.78, 5) is 0. The molecule has 1 aliphatic rings. The summed E-state index contributed by atoms with van der Waals surface area (Å²) in [5, 5.41) is 22.4. The lowest BCUT2D eigenvalue weighted by atomic mass is 9.89. The second-order valence-electron chi connectivity index (χ2n) is 4.70. The zero-order chi connectivity index (χ0) is 13.4. The van der Waals surface area contributed by atoms with Gasteiger partial charge in [0.05, 0.1) is 6.04 Å². The van der Waals surface area contributed by atoms with Crippen molar-refractivity contribution in [2.75, 3.05) is 6.54 Å². The molecule has 1 aliphatic heterocycles. The molecule has 1 heterocycles. The summed E-state index contributed by atoms with van der Waals surface area (Å²) in [5.74, 6) is -0.586. The Morgan fingerprint density at radius 1 is 1.05 bits per heavy atom. The van der Waals surface area contributed by atoms with Crippen molar-refractivity contribution >= 4 is 0 Å². The molecule has 0 aromatic heterocycles. The molecule has 0 unspecified atom stereocenters. The highest BCUT2D eigenvalue weighted by Gasteiger charge is 2.24. The lowest BCUT2D eigenvalue weighted by Crippen LogP contribution is -2.31. The van der Waals surface area contributed by atoms with Gasteiger partial charge in [0.1, 0.15) is 5.82 Å². The van der Waals surface area contributed by atoms with Crippen molar-refractivity contribution in [3.63, 3.8) is 0 Å². The SMILES string of the molecule is Oc1cc2c(cc1O)[C@@H](c1ccccc1F)NCC2. The van der Waals surface area contributed by atoms with Gasteiger partial charge in [0, 0.05) is 12.1 Å². The highest BCUT2D eigenvalue weighted by molar-refractivity contribution is 5.50. The maximum absolute atomic E-state index is 13.9. The summed E-state index contributed by atoms with van der Waals surface area (Å²) < 4.78 is 13.9. The number of phenols is 2. The largest absolute Gasteiger partial charge is 0.504 e. The molecule has 0 aliphatic carbocycles. The van der Waals surface area contributed by atoms with E-state index in [9.17, 15) is 14.6 Å². The van der Waals surface area contributed by atoms with Crippen LogP contribution >= 0.6 is 0 Å². The van der Waals surface area contributed by atoms with E-state index in [0.29, 0.717) is 12.1 Å². The summed E-state index contributed by atoms with van der Waals surface area (Å²) in [6, 6.07) is 9.35. The topological polar surface area (TPSA) is 52.5 Å². The van der Waals surface area contributed by atoms with E-state index in [1.807, 2.05) is 0 Å². The van der Waals surface area contributed by atoms with Gasteiger partial charge in [-0.2, -0.15) is 0 Å². The molecule has 0 saturated carbocycles. The molecule has 98 valence electrons. The summed E-state index contributed by atoms with van der Waals surface area (Å²) in [5.41, 5.74) is 2.29. The third-order valence-corrected chi connectivity index (χ3v) is 3.51. The third kappa shape index (κ3) is 2.04. The van der Waals surface area contributed by atoms with Crippen LogP contribution in [-0.2, 0) is 6.42 Å². The first kappa shape index (κ1) is 12.0. The molecule has 3 nitrogen and oxygen atoms in total. The molecule has 4 heteroatoms. The Balaban J connectivity index is 2.13. The predicted molar refractivity (Wildman–Crippen MR) is 69.7 cm³/mol. The monoisotopic (exact) mass is 259 g/mol. The Bertz CT molecular complexity index is 628. The van der Waals surface area contributed by atoms with Crippen molar-refractivity contribution in [3.8, 4) is 11.5 Å². The Morgan fingerprint density at radius 3 is 2.58 bits per heavy atom. The van der Waals surface area contributed by atoms with Crippen LogP contribution in [0.5, 0.6) is 11.5 Å². The second-order valence-corrected chi connectivity index (χ2v) is 4.70. The fourth-order valence-corrected chi connectivity index (χ4v) is 2.57. The Kier molecular flexibility index (Phi) is 2.87. The number of hydrogen-bond donors (Lipinski definition) is 3. The molecule has 2 aromatic carbocycles. The van der Waals surface area contributed by atoms with Crippen molar-refractivity contribution in [1.82, 2.24) is 5.32 Å². The van der Waals surface area contributed by atoms with Crippen LogP contribution < -0.4 is 5.32 Å². The summed E-state index contributed by atoms with van der Waals surface area (Å²) in [6.45, 7) is 0.705. The smallest absolute Gasteiger partial charge is 0.157 e. The molecule has 3 rings (SSSR count). The first-order valence-electron chi connectivity index (χ1n) is 6.19. The number of rotatable bonds is 1. The first-order valence-corrected chi connectivity index (χ1v) is 6.19. The van der Waals surface area contributed by atoms with Gasteiger partial charge in [-0.25, -0.2) is 4.39 Å². The van der Waals surface area contributed by atoms with E-state index in [2.05, 4.69) is 5.32 Å². The molecule has 0 saturated heterocycles. The molecule has 0 bridgehead atoms. The van der Waals surface area contributed by atoms with Crippen LogP contribution in [0.3, 0.4) is 0 Å². The number of fused-ring (bicyclic) bond motifs is 1. The molecular formula is C15H14FNO2. The standard InChI is InChI=1S/C15H14FNO2/c16-12-4-2-1-3-10(12)15-11-8-14(19)13(18)7-9(11)5-6-17-15/h1-4,7-8,15,17-19H,5-6H2/t15-/m1/s1. The highest BCUT2D eigenvalue weighted by atomic mass is 19.1. The fraction of sp³-hybridized carbons (Fsp3) is 0.200. The molecule has 19 heavy (non-hydrogen) atoms. The van der Waals surface area contributed by atoms with Crippen LogP contribution in [0, 0.1) is 5.82 Å². The second kappa shape index (κ2) is 4.55. The van der Waals surface area contributed by atoms with Crippen molar-refractivity contribution in [1.29, 1.82) is 0 Å². The minimum absolute atomic E-state index is 0.132. The van der Waals surface area contributed by atoms with Crippen molar-refractivity contribution in [3.05, 3.63) is 58.9 Å². The number of aromatic hydroxyl groups is 2. The number of hydrogen-bond acceptors (Lipinski definition) is 3. The quantitative estimate of drug-likeness (QED) is 0.690. The van der Waals surface area contributed by atoms with Gasteiger partial charge in [-0.3, -0.25) is 0 Å². The fourth-order valence-electron chi connectivity index (χ4n) is 2.57. The summed E-state index contributed by atoms with van der Waals surface area (Å²) in [6.07, 6.45) is 0.744. The van der Waals surface area contributed by atoms with Crippen LogP contribution in [0.2, 0.25) is 0 Å². The van der Waals surface area contributed by atoms with E-state index < -0.39 is 0 Å². The molecule has 3 N–H and O–H groups in total. The van der Waals surface area contributed by atoms with Crippen molar-refractivity contribution < 1.29 is 14.6 Å². The van der Waals surface area contributed by atoms with Gasteiger partial charge < -0.3 is 15.5 Å². The number of nitrogens with one attached hydrogen (secondary N) is 1. The molecule has 2 aromatic rings. The van der Waals surface area contributed by atoms with E-state index in [0.717, 1.165) is 17.5 Å². The zero-order valence-corrected chi connectivity index (χ0v) is 10.2. The van der Waals surface area contributed by atoms with E-state index in [1.165, 1.54) is 12.1 Å². The van der Waals surface area contributed by atoms with E-state index in [4.69, 9.17) is 0 Å². The number of benzene rings is 2. The molecule has 0 spiro atoms. The van der Waals surface area contributed by atoms with E-state index >= 15 is 0 Å². The molecular weight excluding hydrogens is 245 g/mol. The van der Waals surface area contributed by atoms with E-state index in [1.54, 1.807) is 24.3 Å². The maximum Gasteiger partial charge on any atom is 0.157 e. The summed E-state index contributed by atoms with van der Waals surface area (Å²) in [7, 11) is 0. The molecule has 0 amide bonds. The van der Waals surface area contributed by atoms with Crippen LogP contribution in [0.1, 0.15) is 22.7 Å². The molecule has 1 atom stereocenters. The Morgan fingerprint density at radius 2 is 1.79 bits per heavy atom. The van der Waals surface area contributed by atoms with Gasteiger partial charge in [-0.15, -0.1) is 0 Å². The van der Waals surface area contributed by atoms with Crippen molar-refractivity contribution in [2.24, 2.45) is 0 Å². The Labute approximate surface area is 110 Å². The van der Waals surface area contributed by atoms with Gasteiger partial charge >= 0.3 is 0 Å². The van der Waals surface area contributed by atoms with Gasteiger partial charge in [0.2, 0.25) is 0 Å². The number of phenolic OH excluding ortho intramolecular Hbond substituents is 2. The first-order chi connectivity index (χ1) is 9.16. The third-order valence-electron chi connectivity index (χ3n) is 3.51. The zero-order valence-electron chi connectivity index (χ0n) is 10.2.